The average Bonchev–Trinajstić information content (AvgIpc) is 2.29. The highest BCUT2D eigenvalue weighted by Crippen LogP contribution is 2.15. The first kappa shape index (κ1) is 13.8. The molecule has 0 aromatic carbocycles. The molecule has 0 bridgehead atoms. The second-order valence-corrected chi connectivity index (χ2v) is 4.39. The Morgan fingerprint density at radius 1 is 1.47 bits per heavy atom. The molecule has 1 aliphatic heterocycles. The fourth-order valence-corrected chi connectivity index (χ4v) is 2.09. The van der Waals surface area contributed by atoms with Crippen LogP contribution >= 0.6 is 0 Å². The van der Waals surface area contributed by atoms with Crippen molar-refractivity contribution >= 4 is 12.0 Å². The van der Waals surface area contributed by atoms with Crippen LogP contribution < -0.4 is 10.6 Å². The van der Waals surface area contributed by atoms with E-state index in [0.29, 0.717) is 5.92 Å². The molecule has 1 unspecified atom stereocenters. The topological polar surface area (TPSA) is 81.7 Å². The number of aliphatic carboxylic acids is 1. The van der Waals surface area contributed by atoms with Gasteiger partial charge < -0.3 is 20.6 Å². The smallest absolute Gasteiger partial charge is 0.317 e. The van der Waals surface area contributed by atoms with E-state index in [0.717, 1.165) is 32.5 Å². The summed E-state index contributed by atoms with van der Waals surface area (Å²) >= 11 is 0. The van der Waals surface area contributed by atoms with Crippen molar-refractivity contribution in [2.75, 3.05) is 33.2 Å². The van der Waals surface area contributed by atoms with Crippen LogP contribution in [0.2, 0.25) is 0 Å². The van der Waals surface area contributed by atoms with Crippen molar-refractivity contribution < 1.29 is 14.7 Å². The molecule has 1 aliphatic rings. The number of hydrogen-bond donors (Lipinski definition) is 3. The van der Waals surface area contributed by atoms with Crippen LogP contribution in [0.1, 0.15) is 19.3 Å². The van der Waals surface area contributed by atoms with Gasteiger partial charge in [-0.1, -0.05) is 0 Å². The lowest BCUT2D eigenvalue weighted by atomic mass is 9.98. The first-order valence-electron chi connectivity index (χ1n) is 6.02. The van der Waals surface area contributed by atoms with Crippen molar-refractivity contribution in [1.29, 1.82) is 0 Å². The van der Waals surface area contributed by atoms with Crippen molar-refractivity contribution in [1.82, 2.24) is 15.5 Å². The van der Waals surface area contributed by atoms with E-state index in [-0.39, 0.29) is 19.0 Å². The Kier molecular flexibility index (Phi) is 5.76. The Morgan fingerprint density at radius 2 is 2.24 bits per heavy atom. The zero-order valence-corrected chi connectivity index (χ0v) is 10.2. The quantitative estimate of drug-likeness (QED) is 0.640. The minimum Gasteiger partial charge on any atom is -0.481 e. The van der Waals surface area contributed by atoms with Crippen molar-refractivity contribution in [3.63, 3.8) is 0 Å². The molecular formula is C11H21N3O3. The maximum atomic E-state index is 11.7. The number of carboxylic acids is 1. The van der Waals surface area contributed by atoms with Gasteiger partial charge in [0.15, 0.2) is 0 Å². The highest BCUT2D eigenvalue weighted by atomic mass is 16.4. The minimum absolute atomic E-state index is 0.0282. The van der Waals surface area contributed by atoms with Crippen LogP contribution in [0.5, 0.6) is 0 Å². The molecule has 1 fully saturated rings. The van der Waals surface area contributed by atoms with Gasteiger partial charge in [-0.25, -0.2) is 4.79 Å². The third-order valence-corrected chi connectivity index (χ3v) is 2.91. The highest BCUT2D eigenvalue weighted by molar-refractivity contribution is 5.75. The van der Waals surface area contributed by atoms with Crippen LogP contribution in [0, 0.1) is 5.92 Å². The van der Waals surface area contributed by atoms with Gasteiger partial charge in [0.1, 0.15) is 0 Å². The molecule has 1 atom stereocenters. The molecule has 1 saturated heterocycles. The minimum atomic E-state index is -0.892. The molecule has 2 amide bonds. The molecular weight excluding hydrogens is 222 g/mol. The van der Waals surface area contributed by atoms with Crippen LogP contribution in [-0.2, 0) is 4.79 Å². The lowest BCUT2D eigenvalue weighted by molar-refractivity contribution is -0.136. The number of hydrogen-bond acceptors (Lipinski definition) is 3. The van der Waals surface area contributed by atoms with Crippen LogP contribution in [-0.4, -0.2) is 55.2 Å². The van der Waals surface area contributed by atoms with Gasteiger partial charge in [0, 0.05) is 19.6 Å². The Labute approximate surface area is 101 Å². The standard InChI is InChI=1S/C11H21N3O3/c1-12-7-9-3-2-6-14(8-9)11(17)13-5-4-10(15)16/h9,12H,2-8H2,1H3,(H,13,17)(H,15,16). The summed E-state index contributed by atoms with van der Waals surface area (Å²) in [6.45, 7) is 2.62. The molecule has 0 aromatic rings. The molecule has 0 spiro atoms. The first-order chi connectivity index (χ1) is 8.13. The van der Waals surface area contributed by atoms with E-state index in [9.17, 15) is 9.59 Å². The number of carboxylic acid groups (broad SMARTS) is 1. The summed E-state index contributed by atoms with van der Waals surface area (Å²) in [6, 6.07) is -0.146. The van der Waals surface area contributed by atoms with Crippen molar-refractivity contribution in [2.24, 2.45) is 5.92 Å². The summed E-state index contributed by atoms with van der Waals surface area (Å²) < 4.78 is 0. The number of likely N-dealkylation sites (tertiary alicyclic amines) is 1. The van der Waals surface area contributed by atoms with Crippen LogP contribution in [0.25, 0.3) is 0 Å². The molecule has 6 heteroatoms. The van der Waals surface area contributed by atoms with E-state index in [1.54, 1.807) is 4.90 Å². The van der Waals surface area contributed by atoms with Gasteiger partial charge in [0.25, 0.3) is 0 Å². The van der Waals surface area contributed by atoms with E-state index >= 15 is 0 Å². The van der Waals surface area contributed by atoms with Gasteiger partial charge in [0.2, 0.25) is 0 Å². The summed E-state index contributed by atoms with van der Waals surface area (Å²) in [5, 5.41) is 14.2. The van der Waals surface area contributed by atoms with Crippen molar-refractivity contribution in [2.45, 2.75) is 19.3 Å². The number of nitrogens with zero attached hydrogens (tertiary/aromatic N) is 1. The summed E-state index contributed by atoms with van der Waals surface area (Å²) in [5.74, 6) is -0.393. The number of amides is 2. The van der Waals surface area contributed by atoms with E-state index in [4.69, 9.17) is 5.11 Å². The lowest BCUT2D eigenvalue weighted by Crippen LogP contribution is -2.47. The third kappa shape index (κ3) is 5.04. The average molecular weight is 243 g/mol. The van der Waals surface area contributed by atoms with Crippen LogP contribution in [0.15, 0.2) is 0 Å². The molecule has 1 rings (SSSR count). The second kappa shape index (κ2) is 7.11. The normalized spacial score (nSPS) is 20.1. The third-order valence-electron chi connectivity index (χ3n) is 2.91. The van der Waals surface area contributed by atoms with Crippen LogP contribution in [0.4, 0.5) is 4.79 Å². The summed E-state index contributed by atoms with van der Waals surface area (Å²) in [6.07, 6.45) is 2.12. The Balaban J connectivity index is 2.28. The molecule has 0 aliphatic carbocycles. The molecule has 0 aromatic heterocycles. The highest BCUT2D eigenvalue weighted by Gasteiger charge is 2.22. The molecule has 0 saturated carbocycles. The maximum absolute atomic E-state index is 11.7. The van der Waals surface area contributed by atoms with E-state index in [2.05, 4.69) is 10.6 Å². The van der Waals surface area contributed by atoms with Gasteiger partial charge in [-0.2, -0.15) is 0 Å². The monoisotopic (exact) mass is 243 g/mol. The predicted octanol–water partition coefficient (Wildman–Crippen LogP) is 0.102. The fraction of sp³-hybridized carbons (Fsp3) is 0.818. The molecule has 0 radical (unpaired) electrons. The lowest BCUT2D eigenvalue weighted by Gasteiger charge is -2.32. The molecule has 6 nitrogen and oxygen atoms in total. The van der Waals surface area contributed by atoms with Gasteiger partial charge in [0.05, 0.1) is 6.42 Å². The predicted molar refractivity (Wildman–Crippen MR) is 63.9 cm³/mol. The number of nitrogens with one attached hydrogen (secondary N) is 2. The number of carbonyl (C=O) groups excluding carboxylic acids is 1. The number of urea groups is 1. The molecule has 17 heavy (non-hydrogen) atoms. The number of rotatable bonds is 5. The van der Waals surface area contributed by atoms with Crippen molar-refractivity contribution in [3.8, 4) is 0 Å². The molecule has 1 heterocycles. The zero-order chi connectivity index (χ0) is 12.7. The van der Waals surface area contributed by atoms with E-state index < -0.39 is 5.97 Å². The second-order valence-electron chi connectivity index (χ2n) is 4.39. The Morgan fingerprint density at radius 3 is 2.88 bits per heavy atom. The zero-order valence-electron chi connectivity index (χ0n) is 10.2. The largest absolute Gasteiger partial charge is 0.481 e. The summed E-state index contributed by atoms with van der Waals surface area (Å²) in [7, 11) is 1.91. The van der Waals surface area contributed by atoms with E-state index in [1.807, 2.05) is 7.05 Å². The van der Waals surface area contributed by atoms with Gasteiger partial charge in [-0.05, 0) is 32.4 Å². The van der Waals surface area contributed by atoms with Gasteiger partial charge in [-0.3, -0.25) is 4.79 Å². The fourth-order valence-electron chi connectivity index (χ4n) is 2.09. The van der Waals surface area contributed by atoms with Crippen molar-refractivity contribution in [3.05, 3.63) is 0 Å². The number of carbonyl (C=O) groups is 2. The Bertz CT molecular complexity index is 269. The maximum Gasteiger partial charge on any atom is 0.317 e. The van der Waals surface area contributed by atoms with Gasteiger partial charge in [-0.15, -0.1) is 0 Å². The van der Waals surface area contributed by atoms with E-state index in [1.165, 1.54) is 0 Å². The SMILES string of the molecule is CNCC1CCCN(C(=O)NCCC(=O)O)C1. The molecule has 98 valence electrons. The summed E-state index contributed by atoms with van der Waals surface area (Å²) in [4.78, 5) is 23.8. The van der Waals surface area contributed by atoms with Gasteiger partial charge >= 0.3 is 12.0 Å². The summed E-state index contributed by atoms with van der Waals surface area (Å²) in [5.41, 5.74) is 0. The van der Waals surface area contributed by atoms with Crippen LogP contribution in [0.3, 0.4) is 0 Å². The Hall–Kier alpha value is -1.30. The number of piperidine rings is 1. The first-order valence-corrected chi connectivity index (χ1v) is 6.02. The molecule has 3 N–H and O–H groups in total.